The molecule has 0 saturated carbocycles. The van der Waals surface area contributed by atoms with Crippen LogP contribution in [0.5, 0.6) is 0 Å². The van der Waals surface area contributed by atoms with Gasteiger partial charge in [0, 0.05) is 10.6 Å². The van der Waals surface area contributed by atoms with Gasteiger partial charge in [0.25, 0.3) is 0 Å². The van der Waals surface area contributed by atoms with Gasteiger partial charge < -0.3 is 5.32 Å². The molecular weight excluding hydrogens is 345 g/mol. The molecule has 0 fully saturated rings. The first-order valence-electron chi connectivity index (χ1n) is 7.60. The van der Waals surface area contributed by atoms with Crippen molar-refractivity contribution in [2.75, 3.05) is 0 Å². The minimum Gasteiger partial charge on any atom is -0.348 e. The number of benzene rings is 2. The topological polar surface area (TPSA) is 72.7 Å². The first-order chi connectivity index (χ1) is 12.0. The molecule has 0 saturated heterocycles. The van der Waals surface area contributed by atoms with Crippen molar-refractivity contribution in [2.45, 2.75) is 19.5 Å². The molecule has 0 aliphatic rings. The van der Waals surface area contributed by atoms with Crippen molar-refractivity contribution < 1.29 is 9.18 Å². The summed E-state index contributed by atoms with van der Waals surface area (Å²) in [5, 5.41) is 15.3. The van der Waals surface area contributed by atoms with E-state index in [9.17, 15) is 9.18 Å². The zero-order valence-corrected chi connectivity index (χ0v) is 14.1. The van der Waals surface area contributed by atoms with E-state index < -0.39 is 0 Å². The van der Waals surface area contributed by atoms with Crippen molar-refractivity contribution in [3.8, 4) is 11.4 Å². The summed E-state index contributed by atoms with van der Waals surface area (Å²) in [6, 6.07) is 12.8. The molecule has 1 atom stereocenters. The van der Waals surface area contributed by atoms with Crippen LogP contribution in [-0.2, 0) is 11.3 Å². The average molecular weight is 360 g/mol. The zero-order valence-electron chi connectivity index (χ0n) is 13.4. The van der Waals surface area contributed by atoms with Gasteiger partial charge in [0.2, 0.25) is 11.7 Å². The molecule has 6 nitrogen and oxygen atoms in total. The maximum Gasteiger partial charge on any atom is 0.244 e. The van der Waals surface area contributed by atoms with Crippen LogP contribution >= 0.6 is 11.6 Å². The van der Waals surface area contributed by atoms with Crippen molar-refractivity contribution in [3.05, 3.63) is 64.9 Å². The molecule has 0 radical (unpaired) electrons. The smallest absolute Gasteiger partial charge is 0.244 e. The van der Waals surface area contributed by atoms with E-state index in [1.165, 1.54) is 16.9 Å². The summed E-state index contributed by atoms with van der Waals surface area (Å²) in [4.78, 5) is 13.4. The summed E-state index contributed by atoms with van der Waals surface area (Å²) in [7, 11) is 0. The molecule has 25 heavy (non-hydrogen) atoms. The predicted octanol–water partition coefficient (Wildman–Crippen LogP) is 3.01. The van der Waals surface area contributed by atoms with Gasteiger partial charge in [0.1, 0.15) is 12.4 Å². The van der Waals surface area contributed by atoms with Gasteiger partial charge in [0.15, 0.2) is 0 Å². The van der Waals surface area contributed by atoms with Gasteiger partial charge in [-0.15, -0.1) is 10.2 Å². The van der Waals surface area contributed by atoms with E-state index in [4.69, 9.17) is 11.6 Å². The van der Waals surface area contributed by atoms with E-state index >= 15 is 0 Å². The molecule has 1 N–H and O–H groups in total. The first-order valence-corrected chi connectivity index (χ1v) is 7.98. The largest absolute Gasteiger partial charge is 0.348 e. The van der Waals surface area contributed by atoms with E-state index in [2.05, 4.69) is 20.7 Å². The van der Waals surface area contributed by atoms with Crippen LogP contribution in [0, 0.1) is 5.82 Å². The summed E-state index contributed by atoms with van der Waals surface area (Å²) in [5.74, 6) is -0.286. The molecule has 0 aliphatic heterocycles. The highest BCUT2D eigenvalue weighted by atomic mass is 35.5. The Hall–Kier alpha value is -2.80. The lowest BCUT2D eigenvalue weighted by Gasteiger charge is -2.15. The second-order valence-electron chi connectivity index (χ2n) is 5.46. The minimum atomic E-state index is -0.343. The number of hydrogen-bond donors (Lipinski definition) is 1. The van der Waals surface area contributed by atoms with Gasteiger partial charge in [-0.25, -0.2) is 4.39 Å². The maximum absolute atomic E-state index is 12.9. The second kappa shape index (κ2) is 7.40. The summed E-state index contributed by atoms with van der Waals surface area (Å²) in [6.45, 7) is 1.76. The van der Waals surface area contributed by atoms with Crippen LogP contribution in [0.2, 0.25) is 5.02 Å². The number of nitrogens with zero attached hydrogens (tertiary/aromatic N) is 4. The molecule has 0 spiro atoms. The normalized spacial score (nSPS) is 12.0. The first kappa shape index (κ1) is 17.0. The number of halogens is 2. The molecule has 3 aromatic rings. The molecule has 2 aromatic carbocycles. The Morgan fingerprint density at radius 2 is 1.96 bits per heavy atom. The summed E-state index contributed by atoms with van der Waals surface area (Å²) in [6.07, 6.45) is 0. The lowest BCUT2D eigenvalue weighted by molar-refractivity contribution is -0.122. The Balaban J connectivity index is 1.64. The fourth-order valence-electron chi connectivity index (χ4n) is 2.34. The van der Waals surface area contributed by atoms with Crippen molar-refractivity contribution >= 4 is 17.5 Å². The van der Waals surface area contributed by atoms with Crippen molar-refractivity contribution in [3.63, 3.8) is 0 Å². The Kier molecular flexibility index (Phi) is 5.04. The van der Waals surface area contributed by atoms with Crippen LogP contribution < -0.4 is 5.32 Å². The molecular formula is C17H15ClFN5O. The number of carbonyl (C=O) groups is 1. The standard InChI is InChI=1S/C17H15ClFN5O/c1-11(14-4-2-3-5-15(14)18)20-16(25)10-24-22-17(21-23-24)12-6-8-13(19)9-7-12/h2-9,11H,10H2,1H3,(H,20,25)/t11-/m0/s1. The Bertz CT molecular complexity index is 881. The number of nitrogens with one attached hydrogen (secondary N) is 1. The fraction of sp³-hybridized carbons (Fsp3) is 0.176. The number of aromatic nitrogens is 4. The second-order valence-corrected chi connectivity index (χ2v) is 5.87. The van der Waals surface area contributed by atoms with Gasteiger partial charge in [0.05, 0.1) is 6.04 Å². The van der Waals surface area contributed by atoms with Crippen LogP contribution in [0.1, 0.15) is 18.5 Å². The van der Waals surface area contributed by atoms with E-state index in [1.807, 2.05) is 25.1 Å². The molecule has 128 valence electrons. The fourth-order valence-corrected chi connectivity index (χ4v) is 2.64. The SMILES string of the molecule is C[C@H](NC(=O)Cn1nnc(-c2ccc(F)cc2)n1)c1ccccc1Cl. The van der Waals surface area contributed by atoms with Gasteiger partial charge in [-0.1, -0.05) is 29.8 Å². The summed E-state index contributed by atoms with van der Waals surface area (Å²) in [5.41, 5.74) is 1.45. The third-order valence-corrected chi connectivity index (χ3v) is 3.93. The third-order valence-electron chi connectivity index (χ3n) is 3.59. The van der Waals surface area contributed by atoms with Gasteiger partial charge >= 0.3 is 0 Å². The Labute approximate surface area is 148 Å². The van der Waals surface area contributed by atoms with Crippen LogP contribution in [0.3, 0.4) is 0 Å². The van der Waals surface area contributed by atoms with Crippen LogP contribution in [-0.4, -0.2) is 26.1 Å². The van der Waals surface area contributed by atoms with Crippen LogP contribution in [0.15, 0.2) is 48.5 Å². The lowest BCUT2D eigenvalue weighted by atomic mass is 10.1. The Morgan fingerprint density at radius 1 is 1.24 bits per heavy atom. The highest BCUT2D eigenvalue weighted by Gasteiger charge is 2.14. The van der Waals surface area contributed by atoms with Crippen molar-refractivity contribution in [1.29, 1.82) is 0 Å². The number of carbonyl (C=O) groups excluding carboxylic acids is 1. The molecule has 8 heteroatoms. The van der Waals surface area contributed by atoms with Crippen molar-refractivity contribution in [2.24, 2.45) is 0 Å². The van der Waals surface area contributed by atoms with Crippen LogP contribution in [0.4, 0.5) is 4.39 Å². The van der Waals surface area contributed by atoms with Crippen LogP contribution in [0.25, 0.3) is 11.4 Å². The molecule has 0 bridgehead atoms. The number of amides is 1. The van der Waals surface area contributed by atoms with Gasteiger partial charge in [-0.05, 0) is 48.0 Å². The third kappa shape index (κ3) is 4.19. The molecule has 0 aliphatic carbocycles. The summed E-state index contributed by atoms with van der Waals surface area (Å²) >= 11 is 6.13. The minimum absolute atomic E-state index is 0.0804. The van der Waals surface area contributed by atoms with E-state index in [0.29, 0.717) is 16.4 Å². The van der Waals surface area contributed by atoms with E-state index in [0.717, 1.165) is 5.56 Å². The number of rotatable bonds is 5. The average Bonchev–Trinajstić information content (AvgIpc) is 3.04. The van der Waals surface area contributed by atoms with Crippen molar-refractivity contribution in [1.82, 2.24) is 25.5 Å². The molecule has 0 unspecified atom stereocenters. The Morgan fingerprint density at radius 3 is 2.68 bits per heavy atom. The maximum atomic E-state index is 12.9. The highest BCUT2D eigenvalue weighted by Crippen LogP contribution is 2.22. The molecule has 1 amide bonds. The number of hydrogen-bond acceptors (Lipinski definition) is 4. The molecule has 1 heterocycles. The highest BCUT2D eigenvalue weighted by molar-refractivity contribution is 6.31. The predicted molar refractivity (Wildman–Crippen MR) is 91.2 cm³/mol. The van der Waals surface area contributed by atoms with Gasteiger partial charge in [-0.2, -0.15) is 4.80 Å². The molecule has 1 aromatic heterocycles. The molecule has 3 rings (SSSR count). The zero-order chi connectivity index (χ0) is 17.8. The quantitative estimate of drug-likeness (QED) is 0.760. The monoisotopic (exact) mass is 359 g/mol. The lowest BCUT2D eigenvalue weighted by Crippen LogP contribution is -2.31. The number of tetrazole rings is 1. The summed E-state index contributed by atoms with van der Waals surface area (Å²) < 4.78 is 12.9. The van der Waals surface area contributed by atoms with E-state index in [1.54, 1.807) is 18.2 Å². The van der Waals surface area contributed by atoms with Gasteiger partial charge in [-0.3, -0.25) is 4.79 Å². The van der Waals surface area contributed by atoms with E-state index in [-0.39, 0.29) is 24.3 Å².